The molecule has 34 heavy (non-hydrogen) atoms. The van der Waals surface area contributed by atoms with Crippen LogP contribution in [-0.4, -0.2) is 36.7 Å². The number of amides is 1. The summed E-state index contributed by atoms with van der Waals surface area (Å²) in [5.74, 6) is 1.35. The first-order valence-corrected chi connectivity index (χ1v) is 11.4. The van der Waals surface area contributed by atoms with E-state index in [1.165, 1.54) is 18.9 Å². The van der Waals surface area contributed by atoms with Crippen LogP contribution >= 0.6 is 0 Å². The summed E-state index contributed by atoms with van der Waals surface area (Å²) >= 11 is 0. The van der Waals surface area contributed by atoms with Crippen molar-refractivity contribution in [3.8, 4) is 17.2 Å². The Morgan fingerprint density at radius 3 is 2.29 bits per heavy atom. The minimum absolute atomic E-state index is 0.0574. The van der Waals surface area contributed by atoms with Crippen molar-refractivity contribution >= 4 is 17.6 Å². The summed E-state index contributed by atoms with van der Waals surface area (Å²) in [6, 6.07) is 21.1. The zero-order chi connectivity index (χ0) is 23.8. The lowest BCUT2D eigenvalue weighted by molar-refractivity contribution is -0.115. The fourth-order valence-electron chi connectivity index (χ4n) is 3.85. The lowest BCUT2D eigenvalue weighted by Crippen LogP contribution is -2.33. The standard InChI is InChI=1S/C27H28N2O5/c30-26(29-25-6-2-1-5-24(25)27(31)32)16-19-7-9-22(10-8-19)34-23-13-11-21(12-14-23)33-18-20-4-3-15-28-17-20/h1-2,5-14,20,28H,3-4,15-18H2,(H,29,30)(H,31,32). The molecular formula is C27H28N2O5. The highest BCUT2D eigenvalue weighted by molar-refractivity contribution is 6.00. The Bertz CT molecular complexity index is 1110. The van der Waals surface area contributed by atoms with Crippen LogP contribution in [0.2, 0.25) is 0 Å². The van der Waals surface area contributed by atoms with E-state index in [0.29, 0.717) is 24.0 Å². The van der Waals surface area contributed by atoms with Gasteiger partial charge in [0.15, 0.2) is 0 Å². The second-order valence-corrected chi connectivity index (χ2v) is 8.32. The van der Waals surface area contributed by atoms with Gasteiger partial charge in [-0.25, -0.2) is 4.79 Å². The molecule has 176 valence electrons. The van der Waals surface area contributed by atoms with E-state index in [4.69, 9.17) is 9.47 Å². The first-order valence-electron chi connectivity index (χ1n) is 11.4. The van der Waals surface area contributed by atoms with Gasteiger partial charge in [0.1, 0.15) is 17.2 Å². The molecule has 1 aliphatic rings. The van der Waals surface area contributed by atoms with E-state index in [2.05, 4.69) is 10.6 Å². The molecule has 0 spiro atoms. The molecule has 3 aromatic rings. The minimum atomic E-state index is -1.08. The number of hydrogen-bond acceptors (Lipinski definition) is 5. The summed E-state index contributed by atoms with van der Waals surface area (Å²) in [6.07, 6.45) is 2.52. The van der Waals surface area contributed by atoms with Gasteiger partial charge in [0, 0.05) is 12.5 Å². The molecule has 0 saturated carbocycles. The maximum atomic E-state index is 12.4. The van der Waals surface area contributed by atoms with Crippen LogP contribution in [0.5, 0.6) is 17.2 Å². The van der Waals surface area contributed by atoms with Crippen molar-refractivity contribution < 1.29 is 24.2 Å². The number of carboxylic acid groups (broad SMARTS) is 1. The summed E-state index contributed by atoms with van der Waals surface area (Å²) in [5, 5.41) is 15.3. The Labute approximate surface area is 198 Å². The number of para-hydroxylation sites is 1. The summed E-state index contributed by atoms with van der Waals surface area (Å²) in [5.41, 5.74) is 1.13. The molecule has 0 bridgehead atoms. The van der Waals surface area contributed by atoms with Gasteiger partial charge in [0.05, 0.1) is 24.3 Å². The van der Waals surface area contributed by atoms with E-state index in [1.807, 2.05) is 36.4 Å². The molecule has 1 fully saturated rings. The predicted molar refractivity (Wildman–Crippen MR) is 130 cm³/mol. The van der Waals surface area contributed by atoms with E-state index in [9.17, 15) is 14.7 Å². The van der Waals surface area contributed by atoms with Crippen LogP contribution in [0.15, 0.2) is 72.8 Å². The third-order valence-corrected chi connectivity index (χ3v) is 5.66. The molecule has 1 unspecified atom stereocenters. The second kappa shape index (κ2) is 11.3. The molecule has 1 aliphatic heterocycles. The van der Waals surface area contributed by atoms with Crippen molar-refractivity contribution in [3.63, 3.8) is 0 Å². The molecule has 4 rings (SSSR count). The molecule has 1 amide bonds. The predicted octanol–water partition coefficient (Wildman–Crippen LogP) is 4.74. The second-order valence-electron chi connectivity index (χ2n) is 8.32. The average molecular weight is 461 g/mol. The Morgan fingerprint density at radius 2 is 1.62 bits per heavy atom. The smallest absolute Gasteiger partial charge is 0.337 e. The minimum Gasteiger partial charge on any atom is -0.493 e. The third kappa shape index (κ3) is 6.59. The largest absolute Gasteiger partial charge is 0.493 e. The van der Waals surface area contributed by atoms with Crippen molar-refractivity contribution in [2.24, 2.45) is 5.92 Å². The summed E-state index contributed by atoms with van der Waals surface area (Å²) in [6.45, 7) is 2.82. The van der Waals surface area contributed by atoms with Gasteiger partial charge in [-0.2, -0.15) is 0 Å². The number of carboxylic acids is 1. The molecule has 1 heterocycles. The van der Waals surface area contributed by atoms with Crippen LogP contribution in [-0.2, 0) is 11.2 Å². The maximum absolute atomic E-state index is 12.4. The molecule has 3 aromatic carbocycles. The number of aromatic carboxylic acids is 1. The first kappa shape index (κ1) is 23.3. The number of anilines is 1. The zero-order valence-electron chi connectivity index (χ0n) is 18.8. The monoisotopic (exact) mass is 460 g/mol. The molecule has 3 N–H and O–H groups in total. The van der Waals surface area contributed by atoms with E-state index < -0.39 is 5.97 Å². The van der Waals surface area contributed by atoms with Gasteiger partial charge in [-0.1, -0.05) is 24.3 Å². The van der Waals surface area contributed by atoms with Gasteiger partial charge in [-0.15, -0.1) is 0 Å². The molecular weight excluding hydrogens is 432 g/mol. The molecule has 0 radical (unpaired) electrons. The van der Waals surface area contributed by atoms with Crippen LogP contribution < -0.4 is 20.1 Å². The van der Waals surface area contributed by atoms with Gasteiger partial charge in [0.25, 0.3) is 0 Å². The molecule has 7 heteroatoms. The highest BCUT2D eigenvalue weighted by Crippen LogP contribution is 2.25. The average Bonchev–Trinajstić information content (AvgIpc) is 2.85. The number of ether oxygens (including phenoxy) is 2. The topological polar surface area (TPSA) is 96.9 Å². The van der Waals surface area contributed by atoms with Crippen LogP contribution in [0.1, 0.15) is 28.8 Å². The Kier molecular flexibility index (Phi) is 7.78. The summed E-state index contributed by atoms with van der Waals surface area (Å²) in [4.78, 5) is 23.7. The number of rotatable bonds is 9. The Hall–Kier alpha value is -3.84. The lowest BCUT2D eigenvalue weighted by atomic mass is 10.0. The fourth-order valence-corrected chi connectivity index (χ4v) is 3.85. The molecule has 7 nitrogen and oxygen atoms in total. The van der Waals surface area contributed by atoms with Gasteiger partial charge >= 0.3 is 5.97 Å². The van der Waals surface area contributed by atoms with Crippen LogP contribution in [0.3, 0.4) is 0 Å². The fraction of sp³-hybridized carbons (Fsp3) is 0.259. The van der Waals surface area contributed by atoms with Gasteiger partial charge in [0.2, 0.25) is 5.91 Å². The number of nitrogens with one attached hydrogen (secondary N) is 2. The Morgan fingerprint density at radius 1 is 0.941 bits per heavy atom. The third-order valence-electron chi connectivity index (χ3n) is 5.66. The number of benzene rings is 3. The maximum Gasteiger partial charge on any atom is 0.337 e. The molecule has 1 atom stereocenters. The summed E-state index contributed by atoms with van der Waals surface area (Å²) < 4.78 is 11.8. The zero-order valence-corrected chi connectivity index (χ0v) is 18.8. The quantitative estimate of drug-likeness (QED) is 0.427. The van der Waals surface area contributed by atoms with E-state index in [1.54, 1.807) is 30.3 Å². The van der Waals surface area contributed by atoms with Gasteiger partial charge in [-0.3, -0.25) is 4.79 Å². The van der Waals surface area contributed by atoms with Gasteiger partial charge in [-0.05, 0) is 73.5 Å². The SMILES string of the molecule is O=C(Cc1ccc(Oc2ccc(OCC3CCCNC3)cc2)cc1)Nc1ccccc1C(=O)O. The van der Waals surface area contributed by atoms with Gasteiger partial charge < -0.3 is 25.2 Å². The van der Waals surface area contributed by atoms with Crippen molar-refractivity contribution in [1.82, 2.24) is 5.32 Å². The van der Waals surface area contributed by atoms with E-state index in [0.717, 1.165) is 24.4 Å². The van der Waals surface area contributed by atoms with Crippen LogP contribution in [0.4, 0.5) is 5.69 Å². The van der Waals surface area contributed by atoms with Crippen LogP contribution in [0.25, 0.3) is 0 Å². The van der Waals surface area contributed by atoms with Crippen LogP contribution in [0, 0.1) is 5.92 Å². The highest BCUT2D eigenvalue weighted by atomic mass is 16.5. The van der Waals surface area contributed by atoms with Crippen molar-refractivity contribution in [1.29, 1.82) is 0 Å². The Balaban J connectivity index is 1.27. The van der Waals surface area contributed by atoms with E-state index >= 15 is 0 Å². The summed E-state index contributed by atoms with van der Waals surface area (Å²) in [7, 11) is 0. The van der Waals surface area contributed by atoms with E-state index in [-0.39, 0.29) is 23.6 Å². The molecule has 1 saturated heterocycles. The number of piperidine rings is 1. The number of carbonyl (C=O) groups excluding carboxylic acids is 1. The van der Waals surface area contributed by atoms with Crippen molar-refractivity contribution in [3.05, 3.63) is 83.9 Å². The lowest BCUT2D eigenvalue weighted by Gasteiger charge is -2.22. The normalized spacial score (nSPS) is 15.4. The number of carbonyl (C=O) groups is 2. The first-order chi connectivity index (χ1) is 16.6. The number of hydrogen-bond donors (Lipinski definition) is 3. The molecule has 0 aliphatic carbocycles. The molecule has 0 aromatic heterocycles. The van der Waals surface area contributed by atoms with Crippen molar-refractivity contribution in [2.75, 3.05) is 25.0 Å². The highest BCUT2D eigenvalue weighted by Gasteiger charge is 2.14. The van der Waals surface area contributed by atoms with Crippen molar-refractivity contribution in [2.45, 2.75) is 19.3 Å².